The van der Waals surface area contributed by atoms with Crippen molar-refractivity contribution >= 4 is 11.8 Å². The molecule has 2 rings (SSSR count). The van der Waals surface area contributed by atoms with Crippen molar-refractivity contribution in [2.24, 2.45) is 5.92 Å². The van der Waals surface area contributed by atoms with Crippen molar-refractivity contribution < 1.29 is 14.3 Å². The van der Waals surface area contributed by atoms with Crippen LogP contribution in [0.15, 0.2) is 24.3 Å². The first-order valence-electron chi connectivity index (χ1n) is 5.59. The smallest absolute Gasteiger partial charge is 0.232 e. The average Bonchev–Trinajstić information content (AvgIpc) is 2.56. The summed E-state index contributed by atoms with van der Waals surface area (Å²) in [4.78, 5) is 24.7. The summed E-state index contributed by atoms with van der Waals surface area (Å²) in [5.74, 6) is 0.367. The van der Waals surface area contributed by atoms with Crippen molar-refractivity contribution in [3.05, 3.63) is 29.8 Å². The fourth-order valence-corrected chi connectivity index (χ4v) is 1.97. The van der Waals surface area contributed by atoms with E-state index in [2.05, 4.69) is 0 Å². The predicted molar refractivity (Wildman–Crippen MR) is 62.3 cm³/mol. The first-order chi connectivity index (χ1) is 8.11. The van der Waals surface area contributed by atoms with Crippen molar-refractivity contribution in [1.82, 2.24) is 4.90 Å². The molecule has 0 N–H and O–H groups in total. The highest BCUT2D eigenvalue weighted by molar-refractivity contribution is 6.03. The number of imide groups is 1. The van der Waals surface area contributed by atoms with Gasteiger partial charge in [0, 0.05) is 12.3 Å². The van der Waals surface area contributed by atoms with E-state index in [4.69, 9.17) is 4.74 Å². The molecule has 0 spiro atoms. The minimum Gasteiger partial charge on any atom is -0.497 e. The van der Waals surface area contributed by atoms with Crippen LogP contribution in [0.3, 0.4) is 0 Å². The minimum atomic E-state index is -0.187. The van der Waals surface area contributed by atoms with Crippen LogP contribution in [0.25, 0.3) is 0 Å². The molecular formula is C13H15NO3. The van der Waals surface area contributed by atoms with Gasteiger partial charge in [0.05, 0.1) is 13.7 Å². The summed E-state index contributed by atoms with van der Waals surface area (Å²) >= 11 is 0. The zero-order valence-electron chi connectivity index (χ0n) is 9.97. The maximum atomic E-state index is 11.7. The average molecular weight is 233 g/mol. The van der Waals surface area contributed by atoms with Crippen LogP contribution in [0.1, 0.15) is 18.9 Å². The number of nitrogens with zero attached hydrogens (tertiary/aromatic N) is 1. The third-order valence-electron chi connectivity index (χ3n) is 2.94. The molecule has 1 aromatic carbocycles. The lowest BCUT2D eigenvalue weighted by atomic mass is 10.1. The number of carbonyl (C=O) groups is 2. The number of hydrogen-bond donors (Lipinski definition) is 0. The maximum absolute atomic E-state index is 11.7. The maximum Gasteiger partial charge on any atom is 0.232 e. The van der Waals surface area contributed by atoms with Gasteiger partial charge in [0.2, 0.25) is 11.8 Å². The molecule has 0 saturated carbocycles. The van der Waals surface area contributed by atoms with E-state index >= 15 is 0 Å². The first-order valence-corrected chi connectivity index (χ1v) is 5.59. The third kappa shape index (κ3) is 2.30. The molecule has 0 radical (unpaired) electrons. The second-order valence-corrected chi connectivity index (χ2v) is 4.27. The Hall–Kier alpha value is -1.84. The Morgan fingerprint density at radius 2 is 2.18 bits per heavy atom. The molecule has 4 heteroatoms. The molecule has 1 atom stereocenters. The van der Waals surface area contributed by atoms with Gasteiger partial charge in [0.25, 0.3) is 0 Å². The number of carbonyl (C=O) groups excluding carboxylic acids is 2. The van der Waals surface area contributed by atoms with Crippen LogP contribution in [-0.2, 0) is 16.1 Å². The van der Waals surface area contributed by atoms with E-state index in [-0.39, 0.29) is 17.7 Å². The highest BCUT2D eigenvalue weighted by Gasteiger charge is 2.35. The van der Waals surface area contributed by atoms with E-state index in [9.17, 15) is 9.59 Å². The van der Waals surface area contributed by atoms with Gasteiger partial charge in [0.1, 0.15) is 5.75 Å². The number of likely N-dealkylation sites (tertiary alicyclic amines) is 1. The number of methoxy groups -OCH3 is 1. The number of amides is 2. The van der Waals surface area contributed by atoms with E-state index in [1.165, 1.54) is 4.90 Å². The molecule has 17 heavy (non-hydrogen) atoms. The lowest BCUT2D eigenvalue weighted by Gasteiger charge is -2.14. The number of hydrogen-bond acceptors (Lipinski definition) is 3. The SMILES string of the molecule is COc1cccc(CN2C(=O)C[C@H](C)C2=O)c1. The van der Waals surface area contributed by atoms with Crippen molar-refractivity contribution in [2.75, 3.05) is 7.11 Å². The van der Waals surface area contributed by atoms with Crippen LogP contribution in [0.4, 0.5) is 0 Å². The van der Waals surface area contributed by atoms with E-state index in [0.717, 1.165) is 11.3 Å². The zero-order valence-corrected chi connectivity index (χ0v) is 9.97. The van der Waals surface area contributed by atoms with Gasteiger partial charge in [-0.25, -0.2) is 0 Å². The topological polar surface area (TPSA) is 46.6 Å². The van der Waals surface area contributed by atoms with Crippen molar-refractivity contribution in [3.8, 4) is 5.75 Å². The predicted octanol–water partition coefficient (Wildman–Crippen LogP) is 1.59. The molecule has 0 unspecified atom stereocenters. The highest BCUT2D eigenvalue weighted by atomic mass is 16.5. The van der Waals surface area contributed by atoms with Crippen LogP contribution in [0, 0.1) is 5.92 Å². The Morgan fingerprint density at radius 3 is 2.76 bits per heavy atom. The van der Waals surface area contributed by atoms with E-state index in [1.807, 2.05) is 24.3 Å². The van der Waals surface area contributed by atoms with Crippen LogP contribution in [0.5, 0.6) is 5.75 Å². The van der Waals surface area contributed by atoms with Crippen molar-refractivity contribution in [2.45, 2.75) is 19.9 Å². The van der Waals surface area contributed by atoms with E-state index in [0.29, 0.717) is 13.0 Å². The molecule has 0 aromatic heterocycles. The molecular weight excluding hydrogens is 218 g/mol. The molecule has 1 aliphatic heterocycles. The van der Waals surface area contributed by atoms with Crippen LogP contribution in [0.2, 0.25) is 0 Å². The van der Waals surface area contributed by atoms with Gasteiger partial charge < -0.3 is 4.74 Å². The summed E-state index contributed by atoms with van der Waals surface area (Å²) in [6, 6.07) is 7.40. The van der Waals surface area contributed by atoms with E-state index < -0.39 is 0 Å². The lowest BCUT2D eigenvalue weighted by molar-refractivity contribution is -0.139. The molecule has 1 fully saturated rings. The van der Waals surface area contributed by atoms with Gasteiger partial charge in [-0.2, -0.15) is 0 Å². The lowest BCUT2D eigenvalue weighted by Crippen LogP contribution is -2.29. The monoisotopic (exact) mass is 233 g/mol. The molecule has 0 aliphatic carbocycles. The molecule has 1 heterocycles. The van der Waals surface area contributed by atoms with E-state index in [1.54, 1.807) is 14.0 Å². The Labute approximate surface area is 100 Å². The molecule has 4 nitrogen and oxygen atoms in total. The second kappa shape index (κ2) is 4.57. The van der Waals surface area contributed by atoms with Gasteiger partial charge in [-0.05, 0) is 17.7 Å². The Balaban J connectivity index is 2.15. The van der Waals surface area contributed by atoms with Crippen molar-refractivity contribution in [1.29, 1.82) is 0 Å². The highest BCUT2D eigenvalue weighted by Crippen LogP contribution is 2.22. The van der Waals surface area contributed by atoms with Crippen LogP contribution < -0.4 is 4.74 Å². The normalized spacial score (nSPS) is 19.9. The fourth-order valence-electron chi connectivity index (χ4n) is 1.97. The number of ether oxygens (including phenoxy) is 1. The van der Waals surface area contributed by atoms with Crippen LogP contribution in [-0.4, -0.2) is 23.8 Å². The second-order valence-electron chi connectivity index (χ2n) is 4.27. The van der Waals surface area contributed by atoms with Gasteiger partial charge in [-0.15, -0.1) is 0 Å². The number of benzene rings is 1. The molecule has 1 aliphatic rings. The Morgan fingerprint density at radius 1 is 1.41 bits per heavy atom. The first kappa shape index (κ1) is 11.6. The summed E-state index contributed by atoms with van der Waals surface area (Å²) in [5.41, 5.74) is 0.903. The summed E-state index contributed by atoms with van der Waals surface area (Å²) in [6.07, 6.45) is 0.322. The summed E-state index contributed by atoms with van der Waals surface area (Å²) in [5, 5.41) is 0. The quantitative estimate of drug-likeness (QED) is 0.745. The molecule has 1 aromatic rings. The van der Waals surface area contributed by atoms with Gasteiger partial charge >= 0.3 is 0 Å². The van der Waals surface area contributed by atoms with Gasteiger partial charge in [-0.3, -0.25) is 14.5 Å². The molecule has 2 amide bonds. The van der Waals surface area contributed by atoms with Crippen molar-refractivity contribution in [3.63, 3.8) is 0 Å². The minimum absolute atomic E-state index is 0.0854. The van der Waals surface area contributed by atoms with Crippen LogP contribution >= 0.6 is 0 Å². The standard InChI is InChI=1S/C13H15NO3/c1-9-6-12(15)14(13(9)16)8-10-4-3-5-11(7-10)17-2/h3-5,7,9H,6,8H2,1-2H3/t9-/m0/s1. The number of rotatable bonds is 3. The molecule has 0 bridgehead atoms. The zero-order chi connectivity index (χ0) is 12.4. The summed E-state index contributed by atoms with van der Waals surface area (Å²) < 4.78 is 5.11. The van der Waals surface area contributed by atoms with Gasteiger partial charge in [0.15, 0.2) is 0 Å². The summed E-state index contributed by atoms with van der Waals surface area (Å²) in [7, 11) is 1.59. The largest absolute Gasteiger partial charge is 0.497 e. The van der Waals surface area contributed by atoms with Gasteiger partial charge in [-0.1, -0.05) is 19.1 Å². The fraction of sp³-hybridized carbons (Fsp3) is 0.385. The molecule has 90 valence electrons. The Kier molecular flexibility index (Phi) is 3.13. The molecule has 1 saturated heterocycles. The summed E-state index contributed by atoms with van der Waals surface area (Å²) in [6.45, 7) is 2.12. The Bertz CT molecular complexity index is 456. The third-order valence-corrected chi connectivity index (χ3v) is 2.94.